The van der Waals surface area contributed by atoms with Crippen LogP contribution in [0.1, 0.15) is 47.0 Å². The lowest BCUT2D eigenvalue weighted by Gasteiger charge is -2.18. The van der Waals surface area contributed by atoms with Crippen LogP contribution in [0.4, 0.5) is 0 Å². The second kappa shape index (κ2) is 6.02. The van der Waals surface area contributed by atoms with Crippen molar-refractivity contribution >= 4 is 5.97 Å². The Morgan fingerprint density at radius 1 is 1.36 bits per heavy atom. The number of carboxylic acids is 1. The van der Waals surface area contributed by atoms with Crippen LogP contribution >= 0.6 is 0 Å². The van der Waals surface area contributed by atoms with Gasteiger partial charge in [0.05, 0.1) is 5.41 Å². The van der Waals surface area contributed by atoms with E-state index in [1.54, 1.807) is 20.8 Å². The molecule has 1 aliphatic heterocycles. The smallest absolute Gasteiger partial charge is 0.308 e. The first-order valence-corrected chi connectivity index (χ1v) is 5.31. The fraction of sp³-hybridized carbons (Fsp3) is 0.909. The van der Waals surface area contributed by atoms with E-state index in [9.17, 15) is 4.79 Å². The van der Waals surface area contributed by atoms with Crippen molar-refractivity contribution in [2.24, 2.45) is 5.41 Å². The van der Waals surface area contributed by atoms with Crippen molar-refractivity contribution in [1.82, 2.24) is 5.32 Å². The Balaban J connectivity index is 0.000000241. The highest BCUT2D eigenvalue weighted by molar-refractivity contribution is 5.72. The lowest BCUT2D eigenvalue weighted by Crippen LogP contribution is -2.30. The third kappa shape index (κ3) is 6.89. The summed E-state index contributed by atoms with van der Waals surface area (Å²) in [5.74, 6) is -0.757. The highest BCUT2D eigenvalue weighted by Gasteiger charge is 2.18. The SMILES string of the molecule is CC(C)(C)C(=O)O.CC1CCCCN1. The van der Waals surface area contributed by atoms with Crippen LogP contribution in [0.25, 0.3) is 0 Å². The van der Waals surface area contributed by atoms with Crippen molar-refractivity contribution in [3.8, 4) is 0 Å². The summed E-state index contributed by atoms with van der Waals surface area (Å²) in [5, 5.41) is 11.6. The van der Waals surface area contributed by atoms with E-state index in [4.69, 9.17) is 5.11 Å². The van der Waals surface area contributed by atoms with Crippen LogP contribution in [-0.4, -0.2) is 23.7 Å². The second-order valence-electron chi connectivity index (χ2n) is 4.91. The van der Waals surface area contributed by atoms with E-state index >= 15 is 0 Å². The fourth-order valence-electron chi connectivity index (χ4n) is 1.03. The average Bonchev–Trinajstić information content (AvgIpc) is 2.04. The molecule has 1 atom stereocenters. The summed E-state index contributed by atoms with van der Waals surface area (Å²) < 4.78 is 0. The molecule has 3 heteroatoms. The average molecular weight is 201 g/mol. The van der Waals surface area contributed by atoms with E-state index in [0.29, 0.717) is 0 Å². The summed E-state index contributed by atoms with van der Waals surface area (Å²) in [6.07, 6.45) is 4.18. The fourth-order valence-corrected chi connectivity index (χ4v) is 1.03. The molecule has 14 heavy (non-hydrogen) atoms. The van der Waals surface area contributed by atoms with Crippen molar-refractivity contribution in [1.29, 1.82) is 0 Å². The molecule has 0 radical (unpaired) electrons. The highest BCUT2D eigenvalue weighted by Crippen LogP contribution is 2.11. The van der Waals surface area contributed by atoms with Crippen molar-refractivity contribution in [3.05, 3.63) is 0 Å². The van der Waals surface area contributed by atoms with Crippen LogP contribution in [0, 0.1) is 5.41 Å². The minimum atomic E-state index is -0.757. The number of carbonyl (C=O) groups is 1. The van der Waals surface area contributed by atoms with E-state index in [1.165, 1.54) is 25.8 Å². The Bertz CT molecular complexity index is 167. The van der Waals surface area contributed by atoms with Gasteiger partial charge in [0.25, 0.3) is 0 Å². The largest absolute Gasteiger partial charge is 0.481 e. The predicted molar refractivity (Wildman–Crippen MR) is 58.4 cm³/mol. The Morgan fingerprint density at radius 3 is 2.00 bits per heavy atom. The Labute approximate surface area is 86.9 Å². The summed E-state index contributed by atoms with van der Waals surface area (Å²) >= 11 is 0. The normalized spacial score (nSPS) is 22.1. The van der Waals surface area contributed by atoms with Gasteiger partial charge in [0.1, 0.15) is 0 Å². The van der Waals surface area contributed by atoms with Crippen molar-refractivity contribution < 1.29 is 9.90 Å². The minimum Gasteiger partial charge on any atom is -0.481 e. The summed E-state index contributed by atoms with van der Waals surface area (Å²) in [6, 6.07) is 0.786. The maximum Gasteiger partial charge on any atom is 0.308 e. The van der Waals surface area contributed by atoms with Gasteiger partial charge in [-0.15, -0.1) is 0 Å². The number of carboxylic acid groups (broad SMARTS) is 1. The number of nitrogens with one attached hydrogen (secondary N) is 1. The van der Waals surface area contributed by atoms with Gasteiger partial charge >= 0.3 is 5.97 Å². The molecule has 1 rings (SSSR count). The molecule has 1 aliphatic rings. The zero-order valence-corrected chi connectivity index (χ0v) is 9.76. The molecule has 0 aromatic carbocycles. The standard InChI is InChI=1S/C6H13N.C5H10O2/c1-6-4-2-3-5-7-6;1-5(2,3)4(6)7/h6-7H,2-5H2,1H3;1-3H3,(H,6,7). The maximum absolute atomic E-state index is 10.0. The lowest BCUT2D eigenvalue weighted by atomic mass is 9.98. The molecule has 3 nitrogen and oxygen atoms in total. The van der Waals surface area contributed by atoms with E-state index in [-0.39, 0.29) is 0 Å². The maximum atomic E-state index is 10.0. The first-order valence-electron chi connectivity index (χ1n) is 5.31. The van der Waals surface area contributed by atoms with Gasteiger partial charge in [0.2, 0.25) is 0 Å². The third-order valence-corrected chi connectivity index (χ3v) is 2.20. The van der Waals surface area contributed by atoms with Gasteiger partial charge in [0, 0.05) is 6.04 Å². The number of hydrogen-bond donors (Lipinski definition) is 2. The molecule has 1 fully saturated rings. The zero-order valence-electron chi connectivity index (χ0n) is 9.76. The van der Waals surface area contributed by atoms with Gasteiger partial charge in [-0.2, -0.15) is 0 Å². The molecule has 0 aliphatic carbocycles. The van der Waals surface area contributed by atoms with Gasteiger partial charge in [-0.05, 0) is 47.1 Å². The van der Waals surface area contributed by atoms with Crippen molar-refractivity contribution in [2.75, 3.05) is 6.54 Å². The van der Waals surface area contributed by atoms with Crippen LogP contribution in [0.2, 0.25) is 0 Å². The molecule has 0 saturated carbocycles. The molecule has 84 valence electrons. The third-order valence-electron chi connectivity index (χ3n) is 2.20. The molecule has 2 N–H and O–H groups in total. The summed E-state index contributed by atoms with van der Waals surface area (Å²) in [4.78, 5) is 10.0. The monoisotopic (exact) mass is 201 g/mol. The van der Waals surface area contributed by atoms with Crippen LogP contribution in [-0.2, 0) is 4.79 Å². The molecule has 0 aromatic heterocycles. The topological polar surface area (TPSA) is 49.3 Å². The van der Waals surface area contributed by atoms with Crippen LogP contribution in [0.15, 0.2) is 0 Å². The molecular formula is C11H23NO2. The number of aliphatic carboxylic acids is 1. The van der Waals surface area contributed by atoms with Crippen LogP contribution in [0.3, 0.4) is 0 Å². The van der Waals surface area contributed by atoms with E-state index < -0.39 is 11.4 Å². The van der Waals surface area contributed by atoms with E-state index in [1.807, 2.05) is 0 Å². The Kier molecular flexibility index (Phi) is 5.77. The lowest BCUT2D eigenvalue weighted by molar-refractivity contribution is -0.145. The molecule has 0 spiro atoms. The van der Waals surface area contributed by atoms with Crippen molar-refractivity contribution in [3.63, 3.8) is 0 Å². The van der Waals surface area contributed by atoms with E-state index in [0.717, 1.165) is 6.04 Å². The molecular weight excluding hydrogens is 178 g/mol. The zero-order chi connectivity index (χ0) is 11.2. The quantitative estimate of drug-likeness (QED) is 0.632. The summed E-state index contributed by atoms with van der Waals surface area (Å²) in [6.45, 7) is 8.47. The van der Waals surface area contributed by atoms with Gasteiger partial charge in [-0.3, -0.25) is 4.79 Å². The summed E-state index contributed by atoms with van der Waals surface area (Å²) in [5.41, 5.74) is -0.583. The minimum absolute atomic E-state index is 0.583. The molecule has 1 saturated heterocycles. The number of piperidine rings is 1. The molecule has 1 heterocycles. The van der Waals surface area contributed by atoms with Gasteiger partial charge in [-0.25, -0.2) is 0 Å². The van der Waals surface area contributed by atoms with Crippen LogP contribution in [0.5, 0.6) is 0 Å². The van der Waals surface area contributed by atoms with Gasteiger partial charge in [-0.1, -0.05) is 6.42 Å². The first-order chi connectivity index (χ1) is 6.34. The summed E-state index contributed by atoms with van der Waals surface area (Å²) in [7, 11) is 0. The number of rotatable bonds is 0. The molecule has 0 aromatic rings. The van der Waals surface area contributed by atoms with Gasteiger partial charge < -0.3 is 10.4 Å². The Morgan fingerprint density at radius 2 is 1.86 bits per heavy atom. The second-order valence-corrected chi connectivity index (χ2v) is 4.91. The van der Waals surface area contributed by atoms with Crippen LogP contribution < -0.4 is 5.32 Å². The Hall–Kier alpha value is -0.570. The predicted octanol–water partition coefficient (Wildman–Crippen LogP) is 2.27. The van der Waals surface area contributed by atoms with Crippen molar-refractivity contribution in [2.45, 2.75) is 53.0 Å². The molecule has 0 amide bonds. The van der Waals surface area contributed by atoms with E-state index in [2.05, 4.69) is 12.2 Å². The highest BCUT2D eigenvalue weighted by atomic mass is 16.4. The molecule has 1 unspecified atom stereocenters. The first kappa shape index (κ1) is 13.4. The number of hydrogen-bond acceptors (Lipinski definition) is 2. The molecule has 0 bridgehead atoms. The van der Waals surface area contributed by atoms with Gasteiger partial charge in [0.15, 0.2) is 0 Å².